The lowest BCUT2D eigenvalue weighted by Gasteiger charge is -2.18. The van der Waals surface area contributed by atoms with Crippen molar-refractivity contribution in [1.29, 1.82) is 0 Å². The maximum Gasteiger partial charge on any atom is 0.261 e. The number of nitrogens with one attached hydrogen (secondary N) is 1. The molecular weight excluding hydrogens is 294 g/mol. The highest BCUT2D eigenvalue weighted by molar-refractivity contribution is 7.89. The van der Waals surface area contributed by atoms with Crippen LogP contribution in [0, 0.1) is 12.3 Å². The minimum absolute atomic E-state index is 0.0674. The van der Waals surface area contributed by atoms with Crippen LogP contribution in [0.2, 0.25) is 5.15 Å². The topological polar surface area (TPSA) is 63.5 Å². The molecule has 0 aliphatic heterocycles. The molecule has 0 aliphatic rings. The standard InChI is InChI=1S/C10H10ClN3O2S2/c1-4-10(2,3)13-18(15,16)8-7(11)12-9-14(8)5-6-17-9/h1,5-6,13H,2-3H3. The predicted octanol–water partition coefficient (Wildman–Crippen LogP) is 1.74. The summed E-state index contributed by atoms with van der Waals surface area (Å²) >= 11 is 7.17. The van der Waals surface area contributed by atoms with Gasteiger partial charge in [-0.25, -0.2) is 13.4 Å². The largest absolute Gasteiger partial charge is 0.279 e. The Bertz CT molecular complexity index is 737. The molecule has 0 amide bonds. The molecule has 0 spiro atoms. The Morgan fingerprint density at radius 1 is 1.61 bits per heavy atom. The molecule has 18 heavy (non-hydrogen) atoms. The number of hydrogen-bond donors (Lipinski definition) is 1. The highest BCUT2D eigenvalue weighted by Gasteiger charge is 2.30. The van der Waals surface area contributed by atoms with Crippen molar-refractivity contribution in [3.63, 3.8) is 0 Å². The number of nitrogens with zero attached hydrogens (tertiary/aromatic N) is 2. The van der Waals surface area contributed by atoms with Crippen LogP contribution >= 0.6 is 22.9 Å². The molecule has 0 aliphatic carbocycles. The monoisotopic (exact) mass is 303 g/mol. The molecule has 5 nitrogen and oxygen atoms in total. The number of fused-ring (bicyclic) bond motifs is 1. The summed E-state index contributed by atoms with van der Waals surface area (Å²) in [7, 11) is -3.83. The van der Waals surface area contributed by atoms with Gasteiger partial charge in [0.25, 0.3) is 10.0 Å². The second kappa shape index (κ2) is 4.24. The summed E-state index contributed by atoms with van der Waals surface area (Å²) in [4.78, 5) is 4.48. The lowest BCUT2D eigenvalue weighted by Crippen LogP contribution is -2.42. The maximum atomic E-state index is 12.3. The Hall–Kier alpha value is -1.07. The lowest BCUT2D eigenvalue weighted by atomic mass is 10.1. The van der Waals surface area contributed by atoms with Crippen molar-refractivity contribution in [1.82, 2.24) is 14.1 Å². The third-order valence-corrected chi connectivity index (χ3v) is 4.99. The smallest absolute Gasteiger partial charge is 0.261 e. The maximum absolute atomic E-state index is 12.3. The first-order valence-electron chi connectivity index (χ1n) is 4.90. The highest BCUT2D eigenvalue weighted by atomic mass is 35.5. The van der Waals surface area contributed by atoms with Gasteiger partial charge in [0, 0.05) is 11.6 Å². The number of sulfonamides is 1. The third-order valence-electron chi connectivity index (χ3n) is 2.18. The van der Waals surface area contributed by atoms with Gasteiger partial charge in [-0.05, 0) is 13.8 Å². The summed E-state index contributed by atoms with van der Waals surface area (Å²) in [6, 6.07) is 0. The Kier molecular flexibility index (Phi) is 3.15. The number of aromatic nitrogens is 2. The van der Waals surface area contributed by atoms with Gasteiger partial charge in [-0.2, -0.15) is 4.72 Å². The highest BCUT2D eigenvalue weighted by Crippen LogP contribution is 2.26. The van der Waals surface area contributed by atoms with Gasteiger partial charge in [-0.15, -0.1) is 17.8 Å². The van der Waals surface area contributed by atoms with Crippen molar-refractivity contribution in [2.24, 2.45) is 0 Å². The fourth-order valence-electron chi connectivity index (χ4n) is 1.39. The van der Waals surface area contributed by atoms with Crippen molar-refractivity contribution >= 4 is 37.9 Å². The van der Waals surface area contributed by atoms with Gasteiger partial charge in [0.15, 0.2) is 15.1 Å². The zero-order valence-corrected chi connectivity index (χ0v) is 12.0. The van der Waals surface area contributed by atoms with Gasteiger partial charge in [0.1, 0.15) is 0 Å². The average Bonchev–Trinajstić information content (AvgIpc) is 2.74. The van der Waals surface area contributed by atoms with Gasteiger partial charge < -0.3 is 0 Å². The summed E-state index contributed by atoms with van der Waals surface area (Å²) in [5.74, 6) is 2.36. The molecule has 0 saturated carbocycles. The van der Waals surface area contributed by atoms with E-state index < -0.39 is 15.6 Å². The van der Waals surface area contributed by atoms with E-state index in [9.17, 15) is 8.42 Å². The van der Waals surface area contributed by atoms with Crippen LogP contribution < -0.4 is 4.72 Å². The van der Waals surface area contributed by atoms with Crippen molar-refractivity contribution < 1.29 is 8.42 Å². The minimum Gasteiger partial charge on any atom is -0.279 e. The Morgan fingerprint density at radius 2 is 2.28 bits per heavy atom. The summed E-state index contributed by atoms with van der Waals surface area (Å²) in [5.41, 5.74) is -0.998. The number of hydrogen-bond acceptors (Lipinski definition) is 4. The van der Waals surface area contributed by atoms with Gasteiger partial charge >= 0.3 is 0 Å². The van der Waals surface area contributed by atoms with E-state index in [-0.39, 0.29) is 10.2 Å². The molecule has 0 saturated heterocycles. The van der Waals surface area contributed by atoms with E-state index in [1.807, 2.05) is 0 Å². The van der Waals surface area contributed by atoms with E-state index in [4.69, 9.17) is 18.0 Å². The molecule has 8 heteroatoms. The fraction of sp³-hybridized carbons (Fsp3) is 0.300. The van der Waals surface area contributed by atoms with Crippen LogP contribution in [0.4, 0.5) is 0 Å². The fourth-order valence-corrected chi connectivity index (χ4v) is 4.19. The molecule has 2 rings (SSSR count). The van der Waals surface area contributed by atoms with Crippen LogP contribution in [-0.2, 0) is 10.0 Å². The molecule has 0 unspecified atom stereocenters. The van der Waals surface area contributed by atoms with Crippen LogP contribution in [0.1, 0.15) is 13.8 Å². The number of terminal acetylenes is 1. The zero-order valence-electron chi connectivity index (χ0n) is 9.64. The molecule has 0 atom stereocenters. The lowest BCUT2D eigenvalue weighted by molar-refractivity contribution is 0.535. The van der Waals surface area contributed by atoms with E-state index in [2.05, 4.69) is 15.6 Å². The predicted molar refractivity (Wildman–Crippen MR) is 71.3 cm³/mol. The first-order valence-corrected chi connectivity index (χ1v) is 7.64. The summed E-state index contributed by atoms with van der Waals surface area (Å²) < 4.78 is 28.3. The van der Waals surface area contributed by atoms with E-state index >= 15 is 0 Å². The molecular formula is C10H10ClN3O2S2. The van der Waals surface area contributed by atoms with Crippen LogP contribution in [0.25, 0.3) is 4.96 Å². The van der Waals surface area contributed by atoms with E-state index in [0.717, 1.165) is 0 Å². The average molecular weight is 304 g/mol. The van der Waals surface area contributed by atoms with Crippen molar-refractivity contribution in [2.45, 2.75) is 24.4 Å². The van der Waals surface area contributed by atoms with E-state index in [1.54, 1.807) is 25.4 Å². The van der Waals surface area contributed by atoms with E-state index in [0.29, 0.717) is 4.96 Å². The van der Waals surface area contributed by atoms with Crippen molar-refractivity contribution in [2.75, 3.05) is 0 Å². The summed E-state index contributed by atoms with van der Waals surface area (Å²) in [6.45, 7) is 3.18. The Morgan fingerprint density at radius 3 is 2.89 bits per heavy atom. The molecule has 2 aromatic rings. The molecule has 0 bridgehead atoms. The summed E-state index contributed by atoms with van der Waals surface area (Å²) in [6.07, 6.45) is 6.86. The second-order valence-corrected chi connectivity index (χ2v) is 6.97. The van der Waals surface area contributed by atoms with E-state index in [1.165, 1.54) is 15.7 Å². The molecule has 0 aromatic carbocycles. The normalized spacial score (nSPS) is 12.8. The first kappa shape index (κ1) is 13.4. The minimum atomic E-state index is -3.83. The Labute approximate surface area is 114 Å². The summed E-state index contributed by atoms with van der Waals surface area (Å²) in [5, 5.41) is 1.57. The molecule has 0 radical (unpaired) electrons. The SMILES string of the molecule is C#CC(C)(C)NS(=O)(=O)c1c(Cl)nc2sccn12. The van der Waals surface area contributed by atoms with Crippen molar-refractivity contribution in [3.8, 4) is 12.3 Å². The number of thiazole rings is 1. The van der Waals surface area contributed by atoms with Gasteiger partial charge in [0.05, 0.1) is 5.54 Å². The van der Waals surface area contributed by atoms with Crippen LogP contribution in [0.5, 0.6) is 0 Å². The quantitative estimate of drug-likeness (QED) is 0.879. The Balaban J connectivity index is 2.57. The van der Waals surface area contributed by atoms with Gasteiger partial charge in [0.2, 0.25) is 0 Å². The van der Waals surface area contributed by atoms with Crippen molar-refractivity contribution in [3.05, 3.63) is 16.7 Å². The molecule has 2 aromatic heterocycles. The van der Waals surface area contributed by atoms with Crippen LogP contribution in [0.3, 0.4) is 0 Å². The number of imidazole rings is 1. The van der Waals surface area contributed by atoms with Gasteiger partial charge in [-0.3, -0.25) is 4.40 Å². The molecule has 1 N–H and O–H groups in total. The number of rotatable bonds is 3. The number of halogens is 1. The van der Waals surface area contributed by atoms with Gasteiger partial charge in [-0.1, -0.05) is 17.5 Å². The molecule has 0 fully saturated rings. The molecule has 2 heterocycles. The third kappa shape index (κ3) is 2.24. The van der Waals surface area contributed by atoms with Crippen LogP contribution in [0.15, 0.2) is 16.6 Å². The van der Waals surface area contributed by atoms with Crippen LogP contribution in [-0.4, -0.2) is 23.3 Å². The second-order valence-electron chi connectivity index (χ2n) is 4.14. The first-order chi connectivity index (χ1) is 8.27. The zero-order chi connectivity index (χ0) is 13.6. The molecule has 96 valence electrons.